The van der Waals surface area contributed by atoms with Gasteiger partial charge in [-0.1, -0.05) is 35.9 Å². The molecule has 1 heterocycles. The van der Waals surface area contributed by atoms with Crippen molar-refractivity contribution in [3.05, 3.63) is 77.6 Å². The van der Waals surface area contributed by atoms with Gasteiger partial charge in [-0.15, -0.1) is 0 Å². The smallest absolute Gasteiger partial charge is 0.123 e. The Balaban J connectivity index is 1.70. The van der Waals surface area contributed by atoms with Crippen LogP contribution in [0.1, 0.15) is 16.8 Å². The topological polar surface area (TPSA) is 44.1 Å². The van der Waals surface area contributed by atoms with Crippen molar-refractivity contribution >= 4 is 10.8 Å². The summed E-state index contributed by atoms with van der Waals surface area (Å²) in [6, 6.07) is 17.8. The first-order chi connectivity index (χ1) is 11.7. The number of hydrogen-bond acceptors (Lipinski definition) is 3. The van der Waals surface area contributed by atoms with Crippen LogP contribution in [0.15, 0.2) is 60.8 Å². The predicted octanol–water partition coefficient (Wildman–Crippen LogP) is 3.64. The average Bonchev–Trinajstić information content (AvgIpc) is 3.04. The van der Waals surface area contributed by atoms with Gasteiger partial charge in [-0.3, -0.25) is 4.21 Å². The molecule has 3 rings (SSSR count). The summed E-state index contributed by atoms with van der Waals surface area (Å²) < 4.78 is 19.7. The third-order valence-corrected chi connectivity index (χ3v) is 4.98. The van der Waals surface area contributed by atoms with E-state index in [0.29, 0.717) is 11.5 Å². The van der Waals surface area contributed by atoms with E-state index in [4.69, 9.17) is 4.74 Å². The van der Waals surface area contributed by atoms with Gasteiger partial charge in [-0.25, -0.2) is 4.68 Å². The summed E-state index contributed by atoms with van der Waals surface area (Å²) in [5.41, 5.74) is 3.92. The average molecular weight is 340 g/mol. The Morgan fingerprint density at radius 3 is 2.62 bits per heavy atom. The fourth-order valence-electron chi connectivity index (χ4n) is 2.57. The second kappa shape index (κ2) is 7.45. The van der Waals surface area contributed by atoms with Gasteiger partial charge in [0.25, 0.3) is 0 Å². The van der Waals surface area contributed by atoms with E-state index in [0.717, 1.165) is 28.3 Å². The molecule has 4 nitrogen and oxygen atoms in total. The Morgan fingerprint density at radius 2 is 1.88 bits per heavy atom. The Hall–Kier alpha value is -2.40. The highest BCUT2D eigenvalue weighted by molar-refractivity contribution is 7.83. The van der Waals surface area contributed by atoms with Crippen molar-refractivity contribution in [2.75, 3.05) is 7.11 Å². The number of aryl methyl sites for hydroxylation is 1. The van der Waals surface area contributed by atoms with E-state index in [-0.39, 0.29) is 0 Å². The van der Waals surface area contributed by atoms with Crippen molar-refractivity contribution in [2.45, 2.75) is 18.4 Å². The van der Waals surface area contributed by atoms with Crippen LogP contribution >= 0.6 is 0 Å². The molecule has 0 aliphatic rings. The van der Waals surface area contributed by atoms with Crippen LogP contribution in [0.4, 0.5) is 0 Å². The molecule has 0 aliphatic carbocycles. The predicted molar refractivity (Wildman–Crippen MR) is 96.8 cm³/mol. The number of aromatic nitrogens is 2. The summed E-state index contributed by atoms with van der Waals surface area (Å²) in [7, 11) is 0.596. The number of nitrogens with zero attached hydrogens (tertiary/aromatic N) is 2. The second-order valence-electron chi connectivity index (χ2n) is 5.63. The Labute approximate surface area is 144 Å². The molecule has 0 saturated carbocycles. The van der Waals surface area contributed by atoms with Crippen molar-refractivity contribution in [1.29, 1.82) is 0 Å². The largest absolute Gasteiger partial charge is 0.496 e. The van der Waals surface area contributed by atoms with Gasteiger partial charge in [-0.05, 0) is 31.2 Å². The highest BCUT2D eigenvalue weighted by Gasteiger charge is 2.10. The lowest BCUT2D eigenvalue weighted by atomic mass is 10.1. The van der Waals surface area contributed by atoms with Gasteiger partial charge in [-0.2, -0.15) is 5.10 Å². The fraction of sp³-hybridized carbons (Fsp3) is 0.211. The van der Waals surface area contributed by atoms with E-state index in [1.165, 1.54) is 0 Å². The highest BCUT2D eigenvalue weighted by atomic mass is 32.2. The molecule has 0 spiro atoms. The molecular weight excluding hydrogens is 320 g/mol. The highest BCUT2D eigenvalue weighted by Crippen LogP contribution is 2.22. The van der Waals surface area contributed by atoms with Crippen LogP contribution in [0.5, 0.6) is 5.75 Å². The molecule has 1 aromatic heterocycles. The lowest BCUT2D eigenvalue weighted by molar-refractivity contribution is 0.411. The molecule has 0 aliphatic heterocycles. The normalized spacial score (nSPS) is 12.1. The molecule has 0 bridgehead atoms. The fourth-order valence-corrected chi connectivity index (χ4v) is 3.73. The van der Waals surface area contributed by atoms with Crippen molar-refractivity contribution in [2.24, 2.45) is 0 Å². The summed E-state index contributed by atoms with van der Waals surface area (Å²) in [5.74, 6) is 1.67. The first-order valence-electron chi connectivity index (χ1n) is 7.74. The van der Waals surface area contributed by atoms with Crippen molar-refractivity contribution in [1.82, 2.24) is 9.78 Å². The van der Waals surface area contributed by atoms with Gasteiger partial charge < -0.3 is 4.74 Å². The summed E-state index contributed by atoms with van der Waals surface area (Å²) in [5, 5.41) is 4.51. The molecular formula is C19H20N2O2S. The second-order valence-corrected chi connectivity index (χ2v) is 7.09. The van der Waals surface area contributed by atoms with Crippen molar-refractivity contribution in [3.63, 3.8) is 0 Å². The Kier molecular flexibility index (Phi) is 5.11. The zero-order valence-electron chi connectivity index (χ0n) is 13.8. The zero-order valence-corrected chi connectivity index (χ0v) is 14.6. The van der Waals surface area contributed by atoms with Crippen molar-refractivity contribution < 1.29 is 8.95 Å². The number of rotatable bonds is 6. The minimum absolute atomic E-state index is 0.428. The van der Waals surface area contributed by atoms with E-state index in [2.05, 4.69) is 5.10 Å². The summed E-state index contributed by atoms with van der Waals surface area (Å²) in [6.07, 6.45) is 1.90. The number of para-hydroxylation sites is 1. The Morgan fingerprint density at radius 1 is 1.08 bits per heavy atom. The molecule has 1 atom stereocenters. The van der Waals surface area contributed by atoms with Crippen LogP contribution in [0.2, 0.25) is 0 Å². The van der Waals surface area contributed by atoms with Gasteiger partial charge in [0.15, 0.2) is 0 Å². The third kappa shape index (κ3) is 3.92. The molecule has 124 valence electrons. The quantitative estimate of drug-likeness (QED) is 0.688. The van der Waals surface area contributed by atoms with E-state index in [1.54, 1.807) is 11.8 Å². The van der Waals surface area contributed by atoms with E-state index < -0.39 is 10.8 Å². The van der Waals surface area contributed by atoms with Gasteiger partial charge in [0.05, 0.1) is 30.0 Å². The van der Waals surface area contributed by atoms with Crippen LogP contribution in [-0.2, 0) is 22.3 Å². The lowest BCUT2D eigenvalue weighted by Gasteiger charge is -2.09. The van der Waals surface area contributed by atoms with Crippen LogP contribution in [-0.4, -0.2) is 21.1 Å². The number of benzene rings is 2. The number of methoxy groups -OCH3 is 1. The molecule has 24 heavy (non-hydrogen) atoms. The number of ether oxygens (including phenoxy) is 1. The maximum absolute atomic E-state index is 12.5. The van der Waals surface area contributed by atoms with Gasteiger partial charge >= 0.3 is 0 Å². The lowest BCUT2D eigenvalue weighted by Crippen LogP contribution is -2.03. The maximum atomic E-state index is 12.5. The van der Waals surface area contributed by atoms with Gasteiger partial charge in [0, 0.05) is 22.6 Å². The molecule has 2 aromatic carbocycles. The monoisotopic (exact) mass is 340 g/mol. The molecule has 5 heteroatoms. The summed E-state index contributed by atoms with van der Waals surface area (Å²) in [6.45, 7) is 2.02. The molecule has 0 amide bonds. The number of hydrogen-bond donors (Lipinski definition) is 0. The van der Waals surface area contributed by atoms with Crippen LogP contribution in [0.3, 0.4) is 0 Å². The molecule has 0 radical (unpaired) electrons. The minimum Gasteiger partial charge on any atom is -0.496 e. The van der Waals surface area contributed by atoms with E-state index >= 15 is 0 Å². The summed E-state index contributed by atoms with van der Waals surface area (Å²) in [4.78, 5) is 0. The van der Waals surface area contributed by atoms with Gasteiger partial charge in [0.2, 0.25) is 0 Å². The molecule has 3 aromatic rings. The maximum Gasteiger partial charge on any atom is 0.123 e. The molecule has 0 saturated heterocycles. The van der Waals surface area contributed by atoms with Crippen LogP contribution < -0.4 is 4.74 Å². The SMILES string of the molecule is COc1ccc(C)cc1C[S@@](=O)Cc1ccn(-c2ccccc2)n1. The zero-order chi connectivity index (χ0) is 16.9. The standard InChI is InChI=1S/C19H20N2O2S/c1-15-8-9-19(23-2)16(12-15)13-24(22)14-17-10-11-21(20-17)18-6-4-3-5-7-18/h3-12H,13-14H2,1-2H3/t24-/m1/s1. The van der Waals surface area contributed by atoms with E-state index in [9.17, 15) is 4.21 Å². The van der Waals surface area contributed by atoms with Crippen molar-refractivity contribution in [3.8, 4) is 11.4 Å². The molecule has 0 N–H and O–H groups in total. The minimum atomic E-state index is -1.04. The summed E-state index contributed by atoms with van der Waals surface area (Å²) >= 11 is 0. The first kappa shape index (κ1) is 16.5. The Bertz CT molecular complexity index is 844. The van der Waals surface area contributed by atoms with Crippen LogP contribution in [0, 0.1) is 6.92 Å². The first-order valence-corrected chi connectivity index (χ1v) is 9.23. The molecule has 0 fully saturated rings. The molecule has 0 unspecified atom stereocenters. The van der Waals surface area contributed by atoms with E-state index in [1.807, 2.05) is 67.7 Å². The van der Waals surface area contributed by atoms with Crippen LogP contribution in [0.25, 0.3) is 5.69 Å². The third-order valence-electron chi connectivity index (χ3n) is 3.73. The van der Waals surface area contributed by atoms with Gasteiger partial charge in [0.1, 0.15) is 5.75 Å².